The van der Waals surface area contributed by atoms with Crippen molar-refractivity contribution in [2.24, 2.45) is 5.73 Å². The average Bonchev–Trinajstić information content (AvgIpc) is 2.86. The van der Waals surface area contributed by atoms with Crippen LogP contribution in [0.5, 0.6) is 5.75 Å². The van der Waals surface area contributed by atoms with Crippen LogP contribution in [0.4, 0.5) is 0 Å². The molecule has 0 amide bonds. The van der Waals surface area contributed by atoms with Crippen molar-refractivity contribution in [3.63, 3.8) is 0 Å². The van der Waals surface area contributed by atoms with Crippen LogP contribution in [0.3, 0.4) is 0 Å². The maximum absolute atomic E-state index is 11.8. The van der Waals surface area contributed by atoms with E-state index in [0.29, 0.717) is 25.4 Å². The number of nitrogens with two attached hydrogens (primary N) is 1. The van der Waals surface area contributed by atoms with E-state index in [9.17, 15) is 4.79 Å². The van der Waals surface area contributed by atoms with E-state index in [4.69, 9.17) is 15.2 Å². The highest BCUT2D eigenvalue weighted by Gasteiger charge is 2.17. The second-order valence-electron chi connectivity index (χ2n) is 4.34. The summed E-state index contributed by atoms with van der Waals surface area (Å²) in [6.45, 7) is 2.37. The molecule has 6 nitrogen and oxygen atoms in total. The first-order valence-corrected chi connectivity index (χ1v) is 6.31. The van der Waals surface area contributed by atoms with E-state index in [2.05, 4.69) is 5.10 Å². The highest BCUT2D eigenvalue weighted by molar-refractivity contribution is 5.13. The van der Waals surface area contributed by atoms with E-state index < -0.39 is 0 Å². The lowest BCUT2D eigenvalue weighted by molar-refractivity contribution is 0.0925. The van der Waals surface area contributed by atoms with Crippen LogP contribution < -0.4 is 16.0 Å². The first kappa shape index (κ1) is 13.0. The molecular formula is C12H19N3O3. The third-order valence-corrected chi connectivity index (χ3v) is 2.86. The Hall–Kier alpha value is -1.40. The van der Waals surface area contributed by atoms with Gasteiger partial charge in [0.15, 0.2) is 0 Å². The SMILES string of the molecule is NCCCOc1cnn(CC2CCCO2)c(=O)c1. The van der Waals surface area contributed by atoms with Gasteiger partial charge in [-0.2, -0.15) is 5.10 Å². The zero-order valence-corrected chi connectivity index (χ0v) is 10.4. The van der Waals surface area contributed by atoms with Gasteiger partial charge >= 0.3 is 0 Å². The molecule has 0 radical (unpaired) electrons. The van der Waals surface area contributed by atoms with Crippen molar-refractivity contribution in [1.29, 1.82) is 0 Å². The number of rotatable bonds is 6. The van der Waals surface area contributed by atoms with Gasteiger partial charge in [0.25, 0.3) is 5.56 Å². The number of aromatic nitrogens is 2. The van der Waals surface area contributed by atoms with E-state index in [0.717, 1.165) is 25.9 Å². The third-order valence-electron chi connectivity index (χ3n) is 2.86. The minimum Gasteiger partial charge on any atom is -0.492 e. The van der Waals surface area contributed by atoms with Crippen LogP contribution in [0.15, 0.2) is 17.1 Å². The van der Waals surface area contributed by atoms with Crippen LogP contribution >= 0.6 is 0 Å². The molecule has 1 aliphatic heterocycles. The van der Waals surface area contributed by atoms with Gasteiger partial charge < -0.3 is 15.2 Å². The predicted octanol–water partition coefficient (Wildman–Crippen LogP) is 0.150. The number of nitrogens with zero attached hydrogens (tertiary/aromatic N) is 2. The summed E-state index contributed by atoms with van der Waals surface area (Å²) in [4.78, 5) is 11.8. The number of hydrogen-bond donors (Lipinski definition) is 1. The Labute approximate surface area is 106 Å². The minimum atomic E-state index is -0.157. The first-order valence-electron chi connectivity index (χ1n) is 6.31. The van der Waals surface area contributed by atoms with Crippen LogP contribution in [0.2, 0.25) is 0 Å². The Morgan fingerprint density at radius 2 is 2.50 bits per heavy atom. The molecule has 2 N–H and O–H groups in total. The van der Waals surface area contributed by atoms with Crippen molar-refractivity contribution in [1.82, 2.24) is 9.78 Å². The number of ether oxygens (including phenoxy) is 2. The molecule has 1 aromatic rings. The largest absolute Gasteiger partial charge is 0.492 e. The molecule has 0 saturated carbocycles. The highest BCUT2D eigenvalue weighted by atomic mass is 16.5. The average molecular weight is 253 g/mol. The van der Waals surface area contributed by atoms with E-state index in [-0.39, 0.29) is 11.7 Å². The Balaban J connectivity index is 1.94. The van der Waals surface area contributed by atoms with Crippen molar-refractivity contribution in [2.75, 3.05) is 19.8 Å². The molecule has 1 fully saturated rings. The molecule has 1 saturated heterocycles. The quantitative estimate of drug-likeness (QED) is 0.730. The maximum Gasteiger partial charge on any atom is 0.270 e. The molecule has 2 rings (SSSR count). The normalized spacial score (nSPS) is 19.1. The van der Waals surface area contributed by atoms with Crippen LogP contribution in [0, 0.1) is 0 Å². The summed E-state index contributed by atoms with van der Waals surface area (Å²) in [6, 6.07) is 1.46. The van der Waals surface area contributed by atoms with Crippen molar-refractivity contribution >= 4 is 0 Å². The molecule has 2 heterocycles. The smallest absolute Gasteiger partial charge is 0.270 e. The summed E-state index contributed by atoms with van der Waals surface area (Å²) in [5.74, 6) is 0.497. The molecule has 6 heteroatoms. The highest BCUT2D eigenvalue weighted by Crippen LogP contribution is 2.13. The van der Waals surface area contributed by atoms with E-state index in [1.807, 2.05) is 0 Å². The summed E-state index contributed by atoms with van der Waals surface area (Å²) in [5, 5.41) is 4.09. The summed E-state index contributed by atoms with van der Waals surface area (Å²) < 4.78 is 12.3. The van der Waals surface area contributed by atoms with Gasteiger partial charge in [0.2, 0.25) is 0 Å². The topological polar surface area (TPSA) is 79.4 Å². The molecule has 18 heavy (non-hydrogen) atoms. The van der Waals surface area contributed by atoms with Gasteiger partial charge in [-0.25, -0.2) is 4.68 Å². The van der Waals surface area contributed by atoms with Crippen LogP contribution in [0.25, 0.3) is 0 Å². The van der Waals surface area contributed by atoms with Gasteiger partial charge in [-0.05, 0) is 25.8 Å². The fourth-order valence-electron chi connectivity index (χ4n) is 1.89. The van der Waals surface area contributed by atoms with Crippen LogP contribution in [-0.4, -0.2) is 35.6 Å². The van der Waals surface area contributed by atoms with Crippen LogP contribution in [-0.2, 0) is 11.3 Å². The van der Waals surface area contributed by atoms with E-state index in [1.165, 1.54) is 10.7 Å². The van der Waals surface area contributed by atoms with Gasteiger partial charge in [0, 0.05) is 12.7 Å². The Kier molecular flexibility index (Phi) is 4.72. The lowest BCUT2D eigenvalue weighted by Crippen LogP contribution is -2.28. The van der Waals surface area contributed by atoms with Gasteiger partial charge in [-0.1, -0.05) is 0 Å². The molecule has 0 aromatic carbocycles. The Bertz CT molecular complexity index is 427. The van der Waals surface area contributed by atoms with Crippen molar-refractivity contribution in [2.45, 2.75) is 31.9 Å². The summed E-state index contributed by atoms with van der Waals surface area (Å²) >= 11 is 0. The fourth-order valence-corrected chi connectivity index (χ4v) is 1.89. The molecule has 100 valence electrons. The van der Waals surface area contributed by atoms with Crippen molar-refractivity contribution in [3.8, 4) is 5.75 Å². The third kappa shape index (κ3) is 3.54. The molecule has 0 bridgehead atoms. The molecule has 1 atom stereocenters. The fraction of sp³-hybridized carbons (Fsp3) is 0.667. The van der Waals surface area contributed by atoms with Crippen molar-refractivity contribution in [3.05, 3.63) is 22.6 Å². The molecule has 1 unspecified atom stereocenters. The second-order valence-corrected chi connectivity index (χ2v) is 4.34. The molecule has 1 aromatic heterocycles. The Morgan fingerprint density at radius 1 is 1.61 bits per heavy atom. The number of hydrogen-bond acceptors (Lipinski definition) is 5. The standard InChI is InChI=1S/C12H19N3O3/c13-4-2-6-18-11-7-12(16)15(14-8-11)9-10-3-1-5-17-10/h7-8,10H,1-6,9,13H2. The zero-order valence-electron chi connectivity index (χ0n) is 10.4. The molecule has 1 aliphatic rings. The van der Waals surface area contributed by atoms with E-state index >= 15 is 0 Å². The van der Waals surface area contributed by atoms with Crippen molar-refractivity contribution < 1.29 is 9.47 Å². The maximum atomic E-state index is 11.8. The van der Waals surface area contributed by atoms with Gasteiger partial charge in [0.1, 0.15) is 5.75 Å². The van der Waals surface area contributed by atoms with Gasteiger partial charge in [-0.15, -0.1) is 0 Å². The molecule has 0 spiro atoms. The summed E-state index contributed by atoms with van der Waals surface area (Å²) in [5.41, 5.74) is 5.21. The molecule has 0 aliphatic carbocycles. The Morgan fingerprint density at radius 3 is 3.17 bits per heavy atom. The summed E-state index contributed by atoms with van der Waals surface area (Å²) in [7, 11) is 0. The van der Waals surface area contributed by atoms with E-state index in [1.54, 1.807) is 6.20 Å². The predicted molar refractivity (Wildman–Crippen MR) is 66.6 cm³/mol. The van der Waals surface area contributed by atoms with Crippen LogP contribution in [0.1, 0.15) is 19.3 Å². The monoisotopic (exact) mass is 253 g/mol. The summed E-state index contributed by atoms with van der Waals surface area (Å²) in [6.07, 6.45) is 4.48. The van der Waals surface area contributed by atoms with Gasteiger partial charge in [-0.3, -0.25) is 4.79 Å². The lowest BCUT2D eigenvalue weighted by atomic mass is 10.2. The zero-order chi connectivity index (χ0) is 12.8. The minimum absolute atomic E-state index is 0.110. The lowest BCUT2D eigenvalue weighted by Gasteiger charge is -2.11. The molecular weight excluding hydrogens is 234 g/mol. The van der Waals surface area contributed by atoms with Gasteiger partial charge in [0.05, 0.1) is 25.5 Å². The second kappa shape index (κ2) is 6.51. The first-order chi connectivity index (χ1) is 8.79.